The van der Waals surface area contributed by atoms with Gasteiger partial charge in [-0.2, -0.15) is 0 Å². The molecule has 0 radical (unpaired) electrons. The lowest BCUT2D eigenvalue weighted by molar-refractivity contribution is -0.0135. The van der Waals surface area contributed by atoms with E-state index in [1.165, 1.54) is 19.3 Å². The molecule has 0 bridgehead atoms. The summed E-state index contributed by atoms with van der Waals surface area (Å²) in [6.07, 6.45) is 3.24. The minimum absolute atomic E-state index is 0.338. The molecule has 0 saturated carbocycles. The number of benzene rings is 1. The fraction of sp³-hybridized carbons (Fsp3) is 0.684. The number of likely N-dealkylation sites (tertiary alicyclic amines) is 1. The predicted octanol–water partition coefficient (Wildman–Crippen LogP) is 2.84. The van der Waals surface area contributed by atoms with Gasteiger partial charge in [0.05, 0.1) is 33.5 Å². The third-order valence-corrected chi connectivity index (χ3v) is 4.82. The van der Waals surface area contributed by atoms with Crippen LogP contribution in [0.1, 0.15) is 38.7 Å². The fourth-order valence-corrected chi connectivity index (χ4v) is 3.41. The molecule has 1 aliphatic heterocycles. The van der Waals surface area contributed by atoms with Gasteiger partial charge in [0.25, 0.3) is 0 Å². The molecular formula is C19H31NO4. The first kappa shape index (κ1) is 19.0. The maximum absolute atomic E-state index is 10.3. The van der Waals surface area contributed by atoms with Crippen LogP contribution in [0, 0.1) is 0 Å². The lowest BCUT2D eigenvalue weighted by atomic mass is 9.97. The van der Waals surface area contributed by atoms with Crippen LogP contribution < -0.4 is 9.47 Å². The van der Waals surface area contributed by atoms with Crippen LogP contribution >= 0.6 is 0 Å². The molecule has 1 heterocycles. The molecule has 1 aromatic rings. The molecule has 0 aliphatic carbocycles. The highest BCUT2D eigenvalue weighted by Crippen LogP contribution is 2.28. The number of β-amino-alcohol motifs (C(OH)–C–C–N with tert-alkyl or cyclic N) is 1. The Labute approximate surface area is 145 Å². The van der Waals surface area contributed by atoms with Gasteiger partial charge in [-0.15, -0.1) is 0 Å². The van der Waals surface area contributed by atoms with E-state index in [0.29, 0.717) is 43.3 Å². The van der Waals surface area contributed by atoms with Crippen LogP contribution in [-0.2, 0) is 11.3 Å². The molecule has 0 aromatic heterocycles. The number of aliphatic hydroxyl groups excluding tert-OH is 1. The molecule has 5 heteroatoms. The van der Waals surface area contributed by atoms with Gasteiger partial charge in [-0.1, -0.05) is 12.5 Å². The van der Waals surface area contributed by atoms with E-state index in [2.05, 4.69) is 18.7 Å². The van der Waals surface area contributed by atoms with Crippen molar-refractivity contribution in [1.29, 1.82) is 0 Å². The zero-order valence-corrected chi connectivity index (χ0v) is 15.3. The van der Waals surface area contributed by atoms with Crippen molar-refractivity contribution < 1.29 is 19.3 Å². The van der Waals surface area contributed by atoms with Crippen LogP contribution in [0.3, 0.4) is 0 Å². The smallest absolute Gasteiger partial charge is 0.161 e. The second kappa shape index (κ2) is 9.25. The molecule has 1 fully saturated rings. The Hall–Kier alpha value is -1.30. The summed E-state index contributed by atoms with van der Waals surface area (Å²) >= 11 is 0. The van der Waals surface area contributed by atoms with Crippen LogP contribution in [0.5, 0.6) is 11.5 Å². The highest BCUT2D eigenvalue weighted by atomic mass is 16.5. The minimum Gasteiger partial charge on any atom is -0.493 e. The summed E-state index contributed by atoms with van der Waals surface area (Å²) in [6, 6.07) is 6.79. The van der Waals surface area contributed by atoms with Crippen molar-refractivity contribution >= 4 is 0 Å². The first-order valence-corrected chi connectivity index (χ1v) is 8.77. The van der Waals surface area contributed by atoms with Gasteiger partial charge in [0, 0.05) is 18.6 Å². The number of methoxy groups -OCH3 is 2. The third-order valence-electron chi connectivity index (χ3n) is 4.82. The number of rotatable bonds is 8. The minimum atomic E-state index is -0.465. The van der Waals surface area contributed by atoms with E-state index in [9.17, 15) is 5.11 Å². The summed E-state index contributed by atoms with van der Waals surface area (Å²) in [4.78, 5) is 2.40. The van der Waals surface area contributed by atoms with Gasteiger partial charge in [0.1, 0.15) is 0 Å². The number of hydrogen-bond donors (Lipinski definition) is 1. The van der Waals surface area contributed by atoms with Crippen molar-refractivity contribution in [2.24, 2.45) is 0 Å². The quantitative estimate of drug-likeness (QED) is 0.790. The van der Waals surface area contributed by atoms with Crippen LogP contribution in [-0.4, -0.2) is 55.6 Å². The SMILES string of the molecule is COc1ccc(COC[C@H](O)CN2[C@@H](C)CCC[C@@H]2C)cc1OC. The topological polar surface area (TPSA) is 51.2 Å². The monoisotopic (exact) mass is 337 g/mol. The summed E-state index contributed by atoms with van der Waals surface area (Å²) in [7, 11) is 3.24. The Kier molecular flexibility index (Phi) is 7.34. The van der Waals surface area contributed by atoms with Crippen molar-refractivity contribution in [2.45, 2.75) is 57.9 Å². The average molecular weight is 337 g/mol. The Morgan fingerprint density at radius 1 is 1.12 bits per heavy atom. The summed E-state index contributed by atoms with van der Waals surface area (Å²) in [5, 5.41) is 10.3. The van der Waals surface area contributed by atoms with Crippen LogP contribution in [0.2, 0.25) is 0 Å². The largest absolute Gasteiger partial charge is 0.493 e. The van der Waals surface area contributed by atoms with E-state index in [1.54, 1.807) is 14.2 Å². The molecule has 0 spiro atoms. The maximum Gasteiger partial charge on any atom is 0.161 e. The summed E-state index contributed by atoms with van der Waals surface area (Å²) in [5.74, 6) is 1.39. The van der Waals surface area contributed by atoms with Gasteiger partial charge in [0.2, 0.25) is 0 Å². The lowest BCUT2D eigenvalue weighted by Crippen LogP contribution is -2.48. The predicted molar refractivity (Wildman–Crippen MR) is 94.7 cm³/mol. The van der Waals surface area contributed by atoms with Gasteiger partial charge in [-0.05, 0) is 44.4 Å². The Morgan fingerprint density at radius 3 is 2.42 bits per heavy atom. The van der Waals surface area contributed by atoms with Gasteiger partial charge >= 0.3 is 0 Å². The first-order chi connectivity index (χ1) is 11.5. The number of nitrogens with zero attached hydrogens (tertiary/aromatic N) is 1. The van der Waals surface area contributed by atoms with Crippen molar-refractivity contribution in [3.8, 4) is 11.5 Å². The van der Waals surface area contributed by atoms with E-state index in [4.69, 9.17) is 14.2 Å². The Bertz CT molecular complexity index is 498. The zero-order chi connectivity index (χ0) is 17.5. The van der Waals surface area contributed by atoms with Crippen molar-refractivity contribution in [3.63, 3.8) is 0 Å². The molecule has 1 saturated heterocycles. The molecule has 1 aromatic carbocycles. The summed E-state index contributed by atoms with van der Waals surface area (Å²) < 4.78 is 16.2. The van der Waals surface area contributed by atoms with E-state index >= 15 is 0 Å². The summed E-state index contributed by atoms with van der Waals surface area (Å²) in [6.45, 7) is 5.95. The second-order valence-electron chi connectivity index (χ2n) is 6.68. The van der Waals surface area contributed by atoms with Gasteiger partial charge in [0.15, 0.2) is 11.5 Å². The average Bonchev–Trinajstić information content (AvgIpc) is 2.58. The number of ether oxygens (including phenoxy) is 3. The molecule has 0 amide bonds. The van der Waals surface area contributed by atoms with Crippen molar-refractivity contribution in [3.05, 3.63) is 23.8 Å². The van der Waals surface area contributed by atoms with E-state index in [-0.39, 0.29) is 0 Å². The highest BCUT2D eigenvalue weighted by Gasteiger charge is 2.26. The summed E-state index contributed by atoms with van der Waals surface area (Å²) in [5.41, 5.74) is 1.000. The van der Waals surface area contributed by atoms with Crippen LogP contribution in [0.25, 0.3) is 0 Å². The third kappa shape index (κ3) is 5.10. The van der Waals surface area contributed by atoms with E-state index < -0.39 is 6.10 Å². The molecule has 136 valence electrons. The van der Waals surface area contributed by atoms with Crippen molar-refractivity contribution in [1.82, 2.24) is 4.90 Å². The zero-order valence-electron chi connectivity index (χ0n) is 15.3. The normalized spacial score (nSPS) is 23.0. The molecule has 1 aliphatic rings. The molecule has 24 heavy (non-hydrogen) atoms. The van der Waals surface area contributed by atoms with E-state index in [1.807, 2.05) is 18.2 Å². The van der Waals surface area contributed by atoms with Crippen LogP contribution in [0.15, 0.2) is 18.2 Å². The Balaban J connectivity index is 1.79. The van der Waals surface area contributed by atoms with Gasteiger partial charge < -0.3 is 19.3 Å². The fourth-order valence-electron chi connectivity index (χ4n) is 3.41. The maximum atomic E-state index is 10.3. The van der Waals surface area contributed by atoms with E-state index in [0.717, 1.165) is 5.56 Å². The molecular weight excluding hydrogens is 306 g/mol. The van der Waals surface area contributed by atoms with Crippen molar-refractivity contribution in [2.75, 3.05) is 27.4 Å². The number of hydrogen-bond acceptors (Lipinski definition) is 5. The number of piperidine rings is 1. The first-order valence-electron chi connectivity index (χ1n) is 8.77. The lowest BCUT2D eigenvalue weighted by Gasteiger charge is -2.40. The second-order valence-corrected chi connectivity index (χ2v) is 6.68. The number of aliphatic hydroxyl groups is 1. The van der Waals surface area contributed by atoms with Crippen LogP contribution in [0.4, 0.5) is 0 Å². The van der Waals surface area contributed by atoms with Gasteiger partial charge in [-0.25, -0.2) is 0 Å². The standard InChI is InChI=1S/C19H31NO4/c1-14-6-5-7-15(2)20(14)11-17(21)13-24-12-16-8-9-18(22-3)19(10-16)23-4/h8-10,14-15,17,21H,5-7,11-13H2,1-4H3/t14-,15-,17+/m0/s1. The molecule has 1 N–H and O–H groups in total. The highest BCUT2D eigenvalue weighted by molar-refractivity contribution is 5.42. The molecule has 5 nitrogen and oxygen atoms in total. The van der Waals surface area contributed by atoms with Gasteiger partial charge in [-0.3, -0.25) is 4.90 Å². The Morgan fingerprint density at radius 2 is 1.79 bits per heavy atom. The molecule has 0 unspecified atom stereocenters. The molecule has 2 rings (SSSR count). The molecule has 3 atom stereocenters.